The van der Waals surface area contributed by atoms with Crippen molar-refractivity contribution in [2.45, 2.75) is 0 Å². The van der Waals surface area contributed by atoms with Crippen molar-refractivity contribution in [3.63, 3.8) is 0 Å². The van der Waals surface area contributed by atoms with E-state index in [1.54, 1.807) is 12.1 Å². The fourth-order valence-electron chi connectivity index (χ4n) is 1.30. The fourth-order valence-corrected chi connectivity index (χ4v) is 1.30. The van der Waals surface area contributed by atoms with Crippen molar-refractivity contribution in [1.82, 2.24) is 4.98 Å². The first-order valence-corrected chi connectivity index (χ1v) is 4.97. The molecule has 0 bridgehead atoms. The smallest absolute Gasteiger partial charge is 0.255 e. The van der Waals surface area contributed by atoms with Gasteiger partial charge >= 0.3 is 0 Å². The van der Waals surface area contributed by atoms with Gasteiger partial charge in [0, 0.05) is 5.56 Å². The number of amides is 1. The van der Waals surface area contributed by atoms with E-state index >= 15 is 0 Å². The van der Waals surface area contributed by atoms with Gasteiger partial charge in [0.05, 0.1) is 11.9 Å². The number of carbonyl (C=O) groups is 1. The summed E-state index contributed by atoms with van der Waals surface area (Å²) in [4.78, 5) is 15.6. The number of benzene rings is 1. The number of anilines is 2. The van der Waals surface area contributed by atoms with Gasteiger partial charge in [-0.2, -0.15) is 0 Å². The van der Waals surface area contributed by atoms with Crippen molar-refractivity contribution >= 4 is 17.4 Å². The van der Waals surface area contributed by atoms with Gasteiger partial charge in [-0.05, 0) is 36.4 Å². The topological polar surface area (TPSA) is 88.2 Å². The van der Waals surface area contributed by atoms with Gasteiger partial charge in [-0.25, -0.2) is 4.98 Å². The first-order valence-electron chi connectivity index (χ1n) is 4.97. The molecule has 2 aromatic rings. The molecule has 0 saturated heterocycles. The van der Waals surface area contributed by atoms with E-state index in [-0.39, 0.29) is 11.7 Å². The van der Waals surface area contributed by atoms with Crippen molar-refractivity contribution in [3.8, 4) is 5.75 Å². The van der Waals surface area contributed by atoms with E-state index < -0.39 is 0 Å². The van der Waals surface area contributed by atoms with Gasteiger partial charge < -0.3 is 16.2 Å². The summed E-state index contributed by atoms with van der Waals surface area (Å²) in [7, 11) is 0. The minimum absolute atomic E-state index is 0.121. The van der Waals surface area contributed by atoms with Crippen LogP contribution in [-0.2, 0) is 0 Å². The van der Waals surface area contributed by atoms with Crippen LogP contribution < -0.4 is 11.1 Å². The van der Waals surface area contributed by atoms with Crippen LogP contribution in [0, 0.1) is 0 Å². The molecule has 17 heavy (non-hydrogen) atoms. The molecule has 0 radical (unpaired) electrons. The van der Waals surface area contributed by atoms with Crippen molar-refractivity contribution in [2.75, 3.05) is 11.1 Å². The predicted octanol–water partition coefficient (Wildman–Crippen LogP) is 1.62. The second kappa shape index (κ2) is 4.52. The van der Waals surface area contributed by atoms with Crippen molar-refractivity contribution in [1.29, 1.82) is 0 Å². The number of hydrogen-bond acceptors (Lipinski definition) is 4. The number of rotatable bonds is 2. The third-order valence-electron chi connectivity index (χ3n) is 2.17. The number of carbonyl (C=O) groups excluding carboxylic acids is 1. The normalized spacial score (nSPS) is 9.88. The molecule has 86 valence electrons. The van der Waals surface area contributed by atoms with Gasteiger partial charge in [-0.3, -0.25) is 4.79 Å². The van der Waals surface area contributed by atoms with Gasteiger partial charge in [0.2, 0.25) is 0 Å². The van der Waals surface area contributed by atoms with E-state index in [1.165, 1.54) is 30.5 Å². The SMILES string of the molecule is Nc1ccc(NC(=O)c2ccc(O)cc2)cn1. The number of phenols is 1. The van der Waals surface area contributed by atoms with Crippen LogP contribution in [0.3, 0.4) is 0 Å². The zero-order valence-corrected chi connectivity index (χ0v) is 8.92. The van der Waals surface area contributed by atoms with Gasteiger partial charge in [-0.15, -0.1) is 0 Å². The number of nitrogens with one attached hydrogen (secondary N) is 1. The third-order valence-corrected chi connectivity index (χ3v) is 2.17. The molecular weight excluding hydrogens is 218 g/mol. The molecule has 0 aliphatic carbocycles. The van der Waals surface area contributed by atoms with Crippen LogP contribution >= 0.6 is 0 Å². The van der Waals surface area contributed by atoms with Gasteiger partial charge in [-0.1, -0.05) is 0 Å². The number of phenolic OH excluding ortho intramolecular Hbond substituents is 1. The first-order chi connectivity index (χ1) is 8.15. The molecule has 0 fully saturated rings. The van der Waals surface area contributed by atoms with Crippen LogP contribution in [0.5, 0.6) is 5.75 Å². The number of aromatic hydroxyl groups is 1. The summed E-state index contributed by atoms with van der Waals surface area (Å²) in [5.41, 5.74) is 6.46. The number of nitrogens with zero attached hydrogens (tertiary/aromatic N) is 1. The molecule has 0 aliphatic heterocycles. The monoisotopic (exact) mass is 229 g/mol. The van der Waals surface area contributed by atoms with E-state index in [0.717, 1.165) is 0 Å². The highest BCUT2D eigenvalue weighted by molar-refractivity contribution is 6.04. The lowest BCUT2D eigenvalue weighted by Gasteiger charge is -2.04. The Morgan fingerprint density at radius 2 is 1.88 bits per heavy atom. The number of nitrogen functional groups attached to an aromatic ring is 1. The zero-order valence-electron chi connectivity index (χ0n) is 8.92. The molecule has 2 rings (SSSR count). The Bertz CT molecular complexity index is 520. The molecule has 1 aromatic heterocycles. The Hall–Kier alpha value is -2.56. The van der Waals surface area contributed by atoms with E-state index in [2.05, 4.69) is 10.3 Å². The minimum atomic E-state index is -0.267. The average molecular weight is 229 g/mol. The molecule has 0 aliphatic rings. The van der Waals surface area contributed by atoms with Crippen molar-refractivity contribution in [2.24, 2.45) is 0 Å². The largest absolute Gasteiger partial charge is 0.508 e. The summed E-state index contributed by atoms with van der Waals surface area (Å²) in [6.07, 6.45) is 1.48. The standard InChI is InChI=1S/C12H11N3O2/c13-11-6-3-9(7-14-11)15-12(17)8-1-4-10(16)5-2-8/h1-7,16H,(H2,13,14)(H,15,17). The van der Waals surface area contributed by atoms with Crippen LogP contribution in [0.25, 0.3) is 0 Å². The summed E-state index contributed by atoms with van der Waals surface area (Å²) in [5.74, 6) is 0.250. The molecule has 5 nitrogen and oxygen atoms in total. The van der Waals surface area contributed by atoms with Crippen LogP contribution in [0.2, 0.25) is 0 Å². The van der Waals surface area contributed by atoms with Crippen molar-refractivity contribution < 1.29 is 9.90 Å². The van der Waals surface area contributed by atoms with E-state index in [0.29, 0.717) is 17.1 Å². The van der Waals surface area contributed by atoms with E-state index in [4.69, 9.17) is 10.8 Å². The van der Waals surface area contributed by atoms with E-state index in [9.17, 15) is 4.79 Å². The van der Waals surface area contributed by atoms with Crippen LogP contribution in [-0.4, -0.2) is 16.0 Å². The Morgan fingerprint density at radius 3 is 2.47 bits per heavy atom. The lowest BCUT2D eigenvalue weighted by atomic mass is 10.2. The Balaban J connectivity index is 2.11. The van der Waals surface area contributed by atoms with Crippen LogP contribution in [0.1, 0.15) is 10.4 Å². The maximum Gasteiger partial charge on any atom is 0.255 e. The number of hydrogen-bond donors (Lipinski definition) is 3. The second-order valence-corrected chi connectivity index (χ2v) is 3.47. The molecular formula is C12H11N3O2. The average Bonchev–Trinajstić information content (AvgIpc) is 2.33. The summed E-state index contributed by atoms with van der Waals surface area (Å²) < 4.78 is 0. The van der Waals surface area contributed by atoms with Gasteiger partial charge in [0.25, 0.3) is 5.91 Å². The quantitative estimate of drug-likeness (QED) is 0.730. The maximum atomic E-state index is 11.8. The number of nitrogens with two attached hydrogens (primary N) is 1. The highest BCUT2D eigenvalue weighted by Crippen LogP contribution is 2.12. The summed E-state index contributed by atoms with van der Waals surface area (Å²) >= 11 is 0. The molecule has 0 unspecified atom stereocenters. The van der Waals surface area contributed by atoms with Crippen molar-refractivity contribution in [3.05, 3.63) is 48.2 Å². The second-order valence-electron chi connectivity index (χ2n) is 3.47. The summed E-state index contributed by atoms with van der Waals surface area (Å²) in [6, 6.07) is 9.25. The minimum Gasteiger partial charge on any atom is -0.508 e. The molecule has 5 heteroatoms. The number of pyridine rings is 1. The molecule has 1 aromatic carbocycles. The molecule has 0 spiro atoms. The molecule has 0 atom stereocenters. The maximum absolute atomic E-state index is 11.8. The van der Waals surface area contributed by atoms with Gasteiger partial charge in [0.1, 0.15) is 11.6 Å². The Morgan fingerprint density at radius 1 is 1.18 bits per heavy atom. The predicted molar refractivity (Wildman–Crippen MR) is 64.7 cm³/mol. The third kappa shape index (κ3) is 2.72. The Kier molecular flexibility index (Phi) is 2.91. The Labute approximate surface area is 97.9 Å². The van der Waals surface area contributed by atoms with Crippen LogP contribution in [0.15, 0.2) is 42.6 Å². The molecule has 0 saturated carbocycles. The highest BCUT2D eigenvalue weighted by Gasteiger charge is 2.05. The molecule has 4 N–H and O–H groups in total. The summed E-state index contributed by atoms with van der Waals surface area (Å²) in [5, 5.41) is 11.8. The van der Waals surface area contributed by atoms with Gasteiger partial charge in [0.15, 0.2) is 0 Å². The molecule has 1 heterocycles. The number of aromatic nitrogens is 1. The van der Waals surface area contributed by atoms with E-state index in [1.807, 2.05) is 0 Å². The fraction of sp³-hybridized carbons (Fsp3) is 0. The highest BCUT2D eigenvalue weighted by atomic mass is 16.3. The first kappa shape index (κ1) is 10.9. The zero-order chi connectivity index (χ0) is 12.3. The summed E-state index contributed by atoms with van der Waals surface area (Å²) in [6.45, 7) is 0. The lowest BCUT2D eigenvalue weighted by Crippen LogP contribution is -2.11. The lowest BCUT2D eigenvalue weighted by molar-refractivity contribution is 0.102. The molecule has 1 amide bonds. The van der Waals surface area contributed by atoms with Crippen LogP contribution in [0.4, 0.5) is 11.5 Å².